The number of carboxylic acid groups (broad SMARTS) is 1. The molecule has 0 fully saturated rings. The van der Waals surface area contributed by atoms with Gasteiger partial charge in [-0.25, -0.2) is 0 Å². The van der Waals surface area contributed by atoms with Crippen molar-refractivity contribution in [1.82, 2.24) is 5.32 Å². The first-order valence-electron chi connectivity index (χ1n) is 5.60. The molecule has 0 spiro atoms. The van der Waals surface area contributed by atoms with Gasteiger partial charge >= 0.3 is 14.8 Å². The van der Waals surface area contributed by atoms with Gasteiger partial charge in [-0.1, -0.05) is 6.92 Å². The van der Waals surface area contributed by atoms with Crippen LogP contribution in [0.2, 0.25) is 6.04 Å². The SMILES string of the molecule is CO[Si](CCCNCC(C)C(=O)O)(OC)OC. The minimum atomic E-state index is -2.47. The molecule has 0 aromatic rings. The molecule has 1 unspecified atom stereocenters. The molecule has 0 rings (SSSR count). The van der Waals surface area contributed by atoms with Crippen LogP contribution in [0.25, 0.3) is 0 Å². The molecule has 0 amide bonds. The van der Waals surface area contributed by atoms with Crippen LogP contribution in [0, 0.1) is 5.92 Å². The summed E-state index contributed by atoms with van der Waals surface area (Å²) in [7, 11) is 2.27. The van der Waals surface area contributed by atoms with Crippen molar-refractivity contribution in [2.45, 2.75) is 19.4 Å². The number of hydrogen-bond acceptors (Lipinski definition) is 5. The van der Waals surface area contributed by atoms with Gasteiger partial charge in [0.25, 0.3) is 0 Å². The smallest absolute Gasteiger partial charge is 0.481 e. The lowest BCUT2D eigenvalue weighted by Gasteiger charge is -2.24. The number of aliphatic carboxylic acids is 1. The number of carbonyl (C=O) groups is 1. The largest absolute Gasteiger partial charge is 0.500 e. The van der Waals surface area contributed by atoms with Gasteiger partial charge in [0.15, 0.2) is 0 Å². The van der Waals surface area contributed by atoms with Crippen LogP contribution >= 0.6 is 0 Å². The second kappa shape index (κ2) is 8.59. The Bertz CT molecular complexity index is 214. The molecule has 0 aromatic heterocycles. The van der Waals surface area contributed by atoms with E-state index in [-0.39, 0.29) is 5.92 Å². The second-order valence-electron chi connectivity index (χ2n) is 3.84. The lowest BCUT2D eigenvalue weighted by atomic mass is 10.2. The lowest BCUT2D eigenvalue weighted by Crippen LogP contribution is -2.43. The van der Waals surface area contributed by atoms with Crippen LogP contribution in [0.5, 0.6) is 0 Å². The highest BCUT2D eigenvalue weighted by Crippen LogP contribution is 2.14. The summed E-state index contributed by atoms with van der Waals surface area (Å²) in [5.41, 5.74) is 0. The third kappa shape index (κ3) is 6.13. The van der Waals surface area contributed by atoms with Crippen LogP contribution < -0.4 is 5.32 Å². The Hall–Kier alpha value is -0.473. The normalized spacial score (nSPS) is 13.6. The number of nitrogens with one attached hydrogen (secondary N) is 1. The van der Waals surface area contributed by atoms with Gasteiger partial charge in [-0.15, -0.1) is 0 Å². The summed E-state index contributed by atoms with van der Waals surface area (Å²) >= 11 is 0. The first-order chi connectivity index (χ1) is 8.01. The molecule has 0 aliphatic carbocycles. The molecule has 6 nitrogen and oxygen atoms in total. The van der Waals surface area contributed by atoms with Crippen LogP contribution in [0.1, 0.15) is 13.3 Å². The van der Waals surface area contributed by atoms with Gasteiger partial charge in [0.2, 0.25) is 0 Å². The van der Waals surface area contributed by atoms with E-state index >= 15 is 0 Å². The molecule has 7 heteroatoms. The maximum absolute atomic E-state index is 10.6. The van der Waals surface area contributed by atoms with Crippen molar-refractivity contribution >= 4 is 14.8 Å². The Morgan fingerprint density at radius 3 is 2.24 bits per heavy atom. The summed E-state index contributed by atoms with van der Waals surface area (Å²) in [6.45, 7) is 2.87. The van der Waals surface area contributed by atoms with Crippen molar-refractivity contribution in [3.63, 3.8) is 0 Å². The number of rotatable bonds is 10. The van der Waals surface area contributed by atoms with E-state index in [0.29, 0.717) is 12.6 Å². The van der Waals surface area contributed by atoms with Gasteiger partial charge in [0.05, 0.1) is 5.92 Å². The van der Waals surface area contributed by atoms with Crippen LogP contribution in [0.3, 0.4) is 0 Å². The maximum Gasteiger partial charge on any atom is 0.500 e. The average molecular weight is 265 g/mol. The van der Waals surface area contributed by atoms with Gasteiger partial charge in [0, 0.05) is 33.9 Å². The second-order valence-corrected chi connectivity index (χ2v) is 6.93. The first kappa shape index (κ1) is 16.5. The molecule has 17 heavy (non-hydrogen) atoms. The van der Waals surface area contributed by atoms with Gasteiger partial charge in [-0.3, -0.25) is 4.79 Å². The molecular formula is C10H23NO5Si. The highest BCUT2D eigenvalue weighted by Gasteiger charge is 2.36. The fourth-order valence-electron chi connectivity index (χ4n) is 1.39. The van der Waals surface area contributed by atoms with Crippen molar-refractivity contribution in [2.24, 2.45) is 5.92 Å². The van der Waals surface area contributed by atoms with Crippen molar-refractivity contribution in [2.75, 3.05) is 34.4 Å². The molecule has 1 atom stereocenters. The molecular weight excluding hydrogens is 242 g/mol. The predicted molar refractivity (Wildman–Crippen MR) is 65.9 cm³/mol. The topological polar surface area (TPSA) is 77.0 Å². The monoisotopic (exact) mass is 265 g/mol. The van der Waals surface area contributed by atoms with Crippen LogP contribution in [0.4, 0.5) is 0 Å². The van der Waals surface area contributed by atoms with Crippen LogP contribution in [-0.4, -0.2) is 54.3 Å². The standard InChI is InChI=1S/C10H23NO5Si/c1-9(10(12)13)8-11-6-5-7-17(14-2,15-3)16-4/h9,11H,5-8H2,1-4H3,(H,12,13). The fourth-order valence-corrected chi connectivity index (χ4v) is 3.11. The van der Waals surface area contributed by atoms with Gasteiger partial charge in [-0.2, -0.15) is 0 Å². The van der Waals surface area contributed by atoms with Crippen molar-refractivity contribution in [1.29, 1.82) is 0 Å². The molecule has 0 aromatic carbocycles. The van der Waals surface area contributed by atoms with Gasteiger partial charge < -0.3 is 23.7 Å². The van der Waals surface area contributed by atoms with Crippen molar-refractivity contribution in [3.8, 4) is 0 Å². The molecule has 0 heterocycles. The summed E-state index contributed by atoms with van der Waals surface area (Å²) < 4.78 is 15.8. The summed E-state index contributed by atoms with van der Waals surface area (Å²) in [5.74, 6) is -1.16. The predicted octanol–water partition coefficient (Wildman–Crippen LogP) is 0.565. The van der Waals surface area contributed by atoms with E-state index in [9.17, 15) is 4.79 Å². The van der Waals surface area contributed by atoms with Crippen LogP contribution in [-0.2, 0) is 18.1 Å². The first-order valence-corrected chi connectivity index (χ1v) is 7.53. The van der Waals surface area contributed by atoms with E-state index in [1.165, 1.54) is 0 Å². The van der Waals surface area contributed by atoms with E-state index < -0.39 is 14.8 Å². The van der Waals surface area contributed by atoms with E-state index in [0.717, 1.165) is 13.0 Å². The molecule has 102 valence electrons. The van der Waals surface area contributed by atoms with Crippen LogP contribution in [0.15, 0.2) is 0 Å². The summed E-state index contributed by atoms with van der Waals surface area (Å²) in [6, 6.07) is 0.713. The highest BCUT2D eigenvalue weighted by molar-refractivity contribution is 6.60. The maximum atomic E-state index is 10.6. The van der Waals surface area contributed by atoms with E-state index in [2.05, 4.69) is 5.32 Å². The zero-order chi connectivity index (χ0) is 13.3. The zero-order valence-electron chi connectivity index (χ0n) is 11.0. The molecule has 0 saturated carbocycles. The molecule has 2 N–H and O–H groups in total. The summed E-state index contributed by atoms with van der Waals surface area (Å²) in [4.78, 5) is 10.6. The van der Waals surface area contributed by atoms with Crippen molar-refractivity contribution < 1.29 is 23.2 Å². The minimum Gasteiger partial charge on any atom is -0.481 e. The van der Waals surface area contributed by atoms with E-state index in [1.54, 1.807) is 28.3 Å². The third-order valence-electron chi connectivity index (χ3n) is 2.64. The minimum absolute atomic E-state index is 0.371. The molecule has 0 saturated heterocycles. The average Bonchev–Trinajstić information content (AvgIpc) is 2.34. The molecule has 0 aliphatic rings. The molecule has 0 radical (unpaired) electrons. The summed E-state index contributed by atoms with van der Waals surface area (Å²) in [6.07, 6.45) is 0.827. The number of hydrogen-bond donors (Lipinski definition) is 2. The Morgan fingerprint density at radius 1 is 1.29 bits per heavy atom. The van der Waals surface area contributed by atoms with Gasteiger partial charge in [-0.05, 0) is 13.0 Å². The van der Waals surface area contributed by atoms with E-state index in [1.807, 2.05) is 0 Å². The number of carboxylic acids is 1. The Labute approximate surface area is 104 Å². The fraction of sp³-hybridized carbons (Fsp3) is 0.900. The quantitative estimate of drug-likeness (QED) is 0.444. The Balaban J connectivity index is 3.73. The Kier molecular flexibility index (Phi) is 8.35. The molecule has 0 aliphatic heterocycles. The highest BCUT2D eigenvalue weighted by atomic mass is 28.4. The van der Waals surface area contributed by atoms with Gasteiger partial charge in [0.1, 0.15) is 0 Å². The lowest BCUT2D eigenvalue weighted by molar-refractivity contribution is -0.140. The van der Waals surface area contributed by atoms with E-state index in [4.69, 9.17) is 18.4 Å². The van der Waals surface area contributed by atoms with Crippen molar-refractivity contribution in [3.05, 3.63) is 0 Å². The Morgan fingerprint density at radius 2 is 1.82 bits per heavy atom. The third-order valence-corrected chi connectivity index (χ3v) is 5.47. The molecule has 0 bridgehead atoms. The zero-order valence-corrected chi connectivity index (χ0v) is 12.0. The summed E-state index contributed by atoms with van der Waals surface area (Å²) in [5, 5.41) is 11.8.